The fraction of sp³-hybridized carbons (Fsp3) is 0.348. The van der Waals surface area contributed by atoms with Gasteiger partial charge in [-0.05, 0) is 44.9 Å². The summed E-state index contributed by atoms with van der Waals surface area (Å²) in [4.78, 5) is 17.0. The molecule has 1 aromatic carbocycles. The quantitative estimate of drug-likeness (QED) is 0.694. The summed E-state index contributed by atoms with van der Waals surface area (Å²) in [6, 6.07) is 11.4. The average molecular weight is 404 g/mol. The molecule has 1 amide bonds. The highest BCUT2D eigenvalue weighted by molar-refractivity contribution is 5.93. The maximum absolute atomic E-state index is 12.5. The number of nitriles is 1. The first-order valence-electron chi connectivity index (χ1n) is 10.1. The Hall–Kier alpha value is -3.37. The number of hydrogen-bond donors (Lipinski definition) is 1. The molecule has 0 radical (unpaired) electrons. The van der Waals surface area contributed by atoms with Crippen LogP contribution in [0.3, 0.4) is 0 Å². The molecule has 7 nitrogen and oxygen atoms in total. The van der Waals surface area contributed by atoms with Gasteiger partial charge in [0.15, 0.2) is 0 Å². The number of benzene rings is 1. The topological polar surface area (TPSA) is 88.7 Å². The number of nitrogens with zero attached hydrogens (tertiary/aromatic N) is 3. The highest BCUT2D eigenvalue weighted by Crippen LogP contribution is 2.29. The van der Waals surface area contributed by atoms with Crippen LogP contribution in [0.25, 0.3) is 16.9 Å². The van der Waals surface area contributed by atoms with Crippen molar-refractivity contribution in [1.29, 1.82) is 5.26 Å². The zero-order valence-electron chi connectivity index (χ0n) is 17.1. The highest BCUT2D eigenvalue weighted by Gasteiger charge is 2.21. The fourth-order valence-corrected chi connectivity index (χ4v) is 3.60. The molecule has 0 unspecified atom stereocenters. The number of carbonyl (C=O) groups excluding carboxylic acids is 1. The van der Waals surface area contributed by atoms with Crippen LogP contribution in [0, 0.1) is 17.2 Å². The Kier molecular flexibility index (Phi) is 5.68. The Labute approximate surface area is 175 Å². The lowest BCUT2D eigenvalue weighted by Gasteiger charge is -2.21. The zero-order chi connectivity index (χ0) is 21.1. The Bertz CT molecular complexity index is 1110. The van der Waals surface area contributed by atoms with Crippen molar-refractivity contribution < 1.29 is 14.3 Å². The number of aromatic nitrogens is 2. The van der Waals surface area contributed by atoms with E-state index in [1.54, 1.807) is 12.3 Å². The predicted molar refractivity (Wildman–Crippen MR) is 113 cm³/mol. The highest BCUT2D eigenvalue weighted by atomic mass is 16.5. The lowest BCUT2D eigenvalue weighted by Crippen LogP contribution is -2.28. The smallest absolute Gasteiger partial charge is 0.227 e. The van der Waals surface area contributed by atoms with Gasteiger partial charge in [-0.25, -0.2) is 4.98 Å². The minimum absolute atomic E-state index is 0.0108. The van der Waals surface area contributed by atoms with Gasteiger partial charge in [0.05, 0.1) is 23.6 Å². The fourth-order valence-electron chi connectivity index (χ4n) is 3.60. The number of hydrogen-bond acceptors (Lipinski definition) is 5. The number of ether oxygens (including phenoxy) is 2. The number of fused-ring (bicyclic) bond motifs is 1. The van der Waals surface area contributed by atoms with Crippen molar-refractivity contribution >= 4 is 17.2 Å². The summed E-state index contributed by atoms with van der Waals surface area (Å²) in [6.45, 7) is 5.12. The van der Waals surface area contributed by atoms with Gasteiger partial charge in [-0.2, -0.15) is 5.26 Å². The van der Waals surface area contributed by atoms with Crippen LogP contribution < -0.4 is 10.1 Å². The van der Waals surface area contributed by atoms with Crippen LogP contribution in [0.1, 0.15) is 32.3 Å². The van der Waals surface area contributed by atoms with Gasteiger partial charge in [0.1, 0.15) is 17.5 Å². The molecule has 3 heterocycles. The van der Waals surface area contributed by atoms with Crippen molar-refractivity contribution in [3.63, 3.8) is 0 Å². The normalized spacial score (nSPS) is 14.6. The third-order valence-corrected chi connectivity index (χ3v) is 5.13. The first-order valence-corrected chi connectivity index (χ1v) is 10.1. The van der Waals surface area contributed by atoms with Crippen molar-refractivity contribution in [3.8, 4) is 23.1 Å². The second kappa shape index (κ2) is 8.56. The molecule has 1 fully saturated rings. The lowest BCUT2D eigenvalue weighted by molar-refractivity contribution is -0.122. The van der Waals surface area contributed by atoms with E-state index in [2.05, 4.69) is 16.4 Å². The van der Waals surface area contributed by atoms with E-state index in [-0.39, 0.29) is 17.9 Å². The molecular formula is C23H24N4O3. The summed E-state index contributed by atoms with van der Waals surface area (Å²) in [5.74, 6) is 0.570. The predicted octanol–water partition coefficient (Wildman–Crippen LogP) is 4.03. The van der Waals surface area contributed by atoms with Gasteiger partial charge in [0.2, 0.25) is 5.91 Å². The van der Waals surface area contributed by atoms with Crippen LogP contribution in [0.4, 0.5) is 5.69 Å². The van der Waals surface area contributed by atoms with Gasteiger partial charge < -0.3 is 14.8 Å². The second-order valence-corrected chi connectivity index (χ2v) is 7.65. The molecule has 1 aliphatic rings. The number of carbonyl (C=O) groups is 1. The molecule has 0 aliphatic carbocycles. The van der Waals surface area contributed by atoms with Gasteiger partial charge in [0, 0.05) is 42.6 Å². The molecule has 4 rings (SSSR count). The van der Waals surface area contributed by atoms with Crippen LogP contribution >= 0.6 is 0 Å². The number of imidazole rings is 1. The van der Waals surface area contributed by atoms with Crippen molar-refractivity contribution in [2.45, 2.75) is 32.8 Å². The molecule has 30 heavy (non-hydrogen) atoms. The third kappa shape index (κ3) is 4.14. The third-order valence-electron chi connectivity index (χ3n) is 5.13. The van der Waals surface area contributed by atoms with E-state index in [1.165, 1.54) is 0 Å². The first-order chi connectivity index (χ1) is 14.5. The summed E-state index contributed by atoms with van der Waals surface area (Å²) >= 11 is 0. The van der Waals surface area contributed by atoms with Crippen LogP contribution in [0.15, 0.2) is 42.7 Å². The Morgan fingerprint density at radius 2 is 2.10 bits per heavy atom. The summed E-state index contributed by atoms with van der Waals surface area (Å²) < 4.78 is 13.1. The van der Waals surface area contributed by atoms with E-state index in [0.717, 1.165) is 35.4 Å². The standard InChI is InChI=1S/C23H24N4O3/c1-15(2)30-21-11-17(3-4-18(21)13-24)20-14-25-22-12-19(5-8-27(20)22)26-23(28)16-6-9-29-10-7-16/h3-5,8,11-12,14-16H,6-7,9-10H2,1-2H3,(H,26,28). The number of pyridine rings is 1. The Balaban J connectivity index is 1.60. The number of nitrogens with one attached hydrogen (secondary N) is 1. The van der Waals surface area contributed by atoms with E-state index in [9.17, 15) is 10.1 Å². The minimum Gasteiger partial charge on any atom is -0.490 e. The Morgan fingerprint density at radius 1 is 1.30 bits per heavy atom. The lowest BCUT2D eigenvalue weighted by atomic mass is 9.99. The molecule has 1 aliphatic heterocycles. The van der Waals surface area contributed by atoms with E-state index < -0.39 is 0 Å². The molecule has 7 heteroatoms. The summed E-state index contributed by atoms with van der Waals surface area (Å²) in [7, 11) is 0. The first kappa shape index (κ1) is 19.9. The average Bonchev–Trinajstić information content (AvgIpc) is 3.17. The van der Waals surface area contributed by atoms with Gasteiger partial charge in [-0.3, -0.25) is 9.20 Å². The van der Waals surface area contributed by atoms with Crippen LogP contribution in [0.5, 0.6) is 5.75 Å². The molecule has 2 aromatic heterocycles. The largest absolute Gasteiger partial charge is 0.490 e. The van der Waals surface area contributed by atoms with Crippen molar-refractivity contribution in [2.24, 2.45) is 5.92 Å². The minimum atomic E-state index is -0.0311. The van der Waals surface area contributed by atoms with Crippen LogP contribution in [0.2, 0.25) is 0 Å². The van der Waals surface area contributed by atoms with Gasteiger partial charge >= 0.3 is 0 Å². The molecular weight excluding hydrogens is 380 g/mol. The molecule has 0 bridgehead atoms. The molecule has 1 N–H and O–H groups in total. The number of amides is 1. The molecule has 1 saturated heterocycles. The Morgan fingerprint density at radius 3 is 2.83 bits per heavy atom. The van der Waals surface area contributed by atoms with Gasteiger partial charge in [-0.15, -0.1) is 0 Å². The van der Waals surface area contributed by atoms with Crippen LogP contribution in [-0.2, 0) is 9.53 Å². The van der Waals surface area contributed by atoms with Crippen molar-refractivity contribution in [3.05, 3.63) is 48.3 Å². The summed E-state index contributed by atoms with van der Waals surface area (Å²) in [6.07, 6.45) is 5.14. The summed E-state index contributed by atoms with van der Waals surface area (Å²) in [5, 5.41) is 12.3. The van der Waals surface area contributed by atoms with E-state index >= 15 is 0 Å². The molecule has 154 valence electrons. The summed E-state index contributed by atoms with van der Waals surface area (Å²) in [5.41, 5.74) is 3.73. The van der Waals surface area contributed by atoms with Gasteiger partial charge in [0.25, 0.3) is 0 Å². The van der Waals surface area contributed by atoms with Crippen molar-refractivity contribution in [1.82, 2.24) is 9.38 Å². The molecule has 3 aromatic rings. The number of anilines is 1. The maximum atomic E-state index is 12.5. The molecule has 0 atom stereocenters. The van der Waals surface area contributed by atoms with E-state index in [0.29, 0.717) is 24.5 Å². The van der Waals surface area contributed by atoms with Crippen LogP contribution in [-0.4, -0.2) is 34.6 Å². The SMILES string of the molecule is CC(C)Oc1cc(-c2cnc3cc(NC(=O)C4CCOCC4)ccn23)ccc1C#N. The van der Waals surface area contributed by atoms with Crippen molar-refractivity contribution in [2.75, 3.05) is 18.5 Å². The van der Waals surface area contributed by atoms with E-state index in [4.69, 9.17) is 9.47 Å². The maximum Gasteiger partial charge on any atom is 0.227 e. The molecule has 0 spiro atoms. The van der Waals surface area contributed by atoms with Gasteiger partial charge in [-0.1, -0.05) is 6.07 Å². The zero-order valence-corrected chi connectivity index (χ0v) is 17.1. The van der Waals surface area contributed by atoms with E-state index in [1.807, 2.05) is 48.7 Å². The molecule has 0 saturated carbocycles. The monoisotopic (exact) mass is 404 g/mol. The second-order valence-electron chi connectivity index (χ2n) is 7.65. The number of rotatable bonds is 5.